The molecule has 7 rings (SSSR count). The summed E-state index contributed by atoms with van der Waals surface area (Å²) in [5, 5.41) is 1.54. The predicted octanol–water partition coefficient (Wildman–Crippen LogP) is 10.1. The van der Waals surface area contributed by atoms with Gasteiger partial charge >= 0.3 is 0 Å². The molecule has 0 unspecified atom stereocenters. The van der Waals surface area contributed by atoms with Crippen LogP contribution in [0.25, 0.3) is 64.7 Å². The van der Waals surface area contributed by atoms with Crippen molar-refractivity contribution in [2.75, 3.05) is 0 Å². The van der Waals surface area contributed by atoms with Crippen molar-refractivity contribution in [3.8, 4) is 44.5 Å². The van der Waals surface area contributed by atoms with Crippen LogP contribution < -0.4 is 5.43 Å². The summed E-state index contributed by atoms with van der Waals surface area (Å²) in [5.74, 6) is 0. The summed E-state index contributed by atoms with van der Waals surface area (Å²) in [4.78, 5) is 13.8. The molecule has 0 saturated heterocycles. The lowest BCUT2D eigenvalue weighted by atomic mass is 9.93. The van der Waals surface area contributed by atoms with E-state index in [9.17, 15) is 4.79 Å². The molecule has 7 aromatic rings. The van der Waals surface area contributed by atoms with Crippen LogP contribution in [0.2, 0.25) is 0 Å². The highest BCUT2D eigenvalue weighted by molar-refractivity contribution is 7.24. The fraction of sp³-hybridized carbons (Fsp3) is 0. The number of hydrogen-bond acceptors (Lipinski definition) is 2. The average molecular weight is 517 g/mol. The molecule has 0 radical (unpaired) electrons. The number of fused-ring (bicyclic) bond motifs is 2. The maximum Gasteiger partial charge on any atom is 0.195 e. The van der Waals surface area contributed by atoms with Crippen molar-refractivity contribution in [2.45, 2.75) is 0 Å². The van der Waals surface area contributed by atoms with E-state index in [-0.39, 0.29) is 5.43 Å². The van der Waals surface area contributed by atoms with E-state index in [0.29, 0.717) is 0 Å². The number of benzene rings is 6. The molecular formula is C37H24OS. The fourth-order valence-electron chi connectivity index (χ4n) is 5.23. The second-order valence-electron chi connectivity index (χ2n) is 9.75. The minimum Gasteiger partial charge on any atom is -0.289 e. The van der Waals surface area contributed by atoms with Gasteiger partial charge in [0.15, 0.2) is 5.43 Å². The van der Waals surface area contributed by atoms with Crippen LogP contribution in [-0.4, -0.2) is 0 Å². The van der Waals surface area contributed by atoms with Crippen molar-refractivity contribution in [3.05, 3.63) is 156 Å². The number of hydrogen-bond donors (Lipinski definition) is 0. The predicted molar refractivity (Wildman–Crippen MR) is 167 cm³/mol. The molecule has 0 spiro atoms. The quantitative estimate of drug-likeness (QED) is 0.213. The van der Waals surface area contributed by atoms with Gasteiger partial charge in [-0.15, -0.1) is 11.3 Å². The summed E-state index contributed by atoms with van der Waals surface area (Å²) >= 11 is 1.67. The monoisotopic (exact) mass is 516 g/mol. The molecule has 0 aliphatic rings. The molecule has 184 valence electrons. The normalized spacial score (nSPS) is 11.2. The summed E-state index contributed by atoms with van der Waals surface area (Å²) in [6, 6.07) is 50.4. The molecule has 2 heteroatoms. The van der Waals surface area contributed by atoms with Crippen LogP contribution in [0.1, 0.15) is 0 Å². The van der Waals surface area contributed by atoms with Crippen LogP contribution in [0.3, 0.4) is 0 Å². The van der Waals surface area contributed by atoms with Gasteiger partial charge in [0.05, 0.1) is 0 Å². The second kappa shape index (κ2) is 9.83. The Hall–Kier alpha value is -4.79. The molecule has 0 aliphatic carbocycles. The Balaban J connectivity index is 1.41. The van der Waals surface area contributed by atoms with Crippen LogP contribution in [0.15, 0.2) is 150 Å². The Kier molecular flexibility index (Phi) is 5.88. The van der Waals surface area contributed by atoms with E-state index in [1.54, 1.807) is 11.3 Å². The zero-order chi connectivity index (χ0) is 26.2. The SMILES string of the molecule is O=c1c2cc(-c3ccccc3)ccc2sc2ccc(-c3cc(-c4ccccc4)cc(-c4ccccc4)c3)cc12. The molecular weight excluding hydrogens is 492 g/mol. The molecule has 0 fully saturated rings. The summed E-state index contributed by atoms with van der Waals surface area (Å²) in [5.41, 5.74) is 9.05. The highest BCUT2D eigenvalue weighted by Crippen LogP contribution is 2.35. The first-order chi connectivity index (χ1) is 19.2. The summed E-state index contributed by atoms with van der Waals surface area (Å²) < 4.78 is 2.02. The molecule has 0 aliphatic heterocycles. The van der Waals surface area contributed by atoms with E-state index < -0.39 is 0 Å². The third-order valence-electron chi connectivity index (χ3n) is 7.26. The maximum absolute atomic E-state index is 13.8. The minimum absolute atomic E-state index is 0.0841. The Morgan fingerprint density at radius 2 is 0.692 bits per heavy atom. The van der Waals surface area contributed by atoms with Crippen molar-refractivity contribution >= 4 is 31.5 Å². The molecule has 0 saturated carbocycles. The standard InChI is InChI=1S/C37H24OS/c38-37-33-23-28(25-10-4-1-5-11-25)16-18-35(33)39-36-19-17-29(24-34(36)37)32-21-30(26-12-6-2-7-13-26)20-31(22-32)27-14-8-3-9-15-27/h1-24H. The van der Waals surface area contributed by atoms with Gasteiger partial charge in [0, 0.05) is 20.2 Å². The fourth-order valence-corrected chi connectivity index (χ4v) is 6.27. The molecule has 0 atom stereocenters. The molecule has 6 aromatic carbocycles. The number of rotatable bonds is 4. The van der Waals surface area contributed by atoms with Crippen molar-refractivity contribution in [1.29, 1.82) is 0 Å². The molecule has 0 amide bonds. The van der Waals surface area contributed by atoms with Crippen molar-refractivity contribution in [2.24, 2.45) is 0 Å². The Labute approximate surface area is 231 Å². The van der Waals surface area contributed by atoms with E-state index in [0.717, 1.165) is 53.6 Å². The summed E-state index contributed by atoms with van der Waals surface area (Å²) in [6.07, 6.45) is 0. The van der Waals surface area contributed by atoms with Crippen molar-refractivity contribution in [3.63, 3.8) is 0 Å². The molecule has 1 heterocycles. The zero-order valence-corrected chi connectivity index (χ0v) is 22.0. The van der Waals surface area contributed by atoms with E-state index in [1.165, 1.54) is 11.1 Å². The zero-order valence-electron chi connectivity index (χ0n) is 21.2. The maximum atomic E-state index is 13.8. The van der Waals surface area contributed by atoms with Crippen LogP contribution in [-0.2, 0) is 0 Å². The Morgan fingerprint density at radius 1 is 0.333 bits per heavy atom. The second-order valence-corrected chi connectivity index (χ2v) is 10.8. The van der Waals surface area contributed by atoms with Crippen molar-refractivity contribution < 1.29 is 0 Å². The first-order valence-electron chi connectivity index (χ1n) is 13.1. The highest BCUT2D eigenvalue weighted by atomic mass is 32.1. The third kappa shape index (κ3) is 4.46. The molecule has 39 heavy (non-hydrogen) atoms. The third-order valence-corrected chi connectivity index (χ3v) is 8.41. The smallest absolute Gasteiger partial charge is 0.195 e. The van der Waals surface area contributed by atoms with Gasteiger partial charge in [-0.2, -0.15) is 0 Å². The van der Waals surface area contributed by atoms with Crippen LogP contribution in [0.4, 0.5) is 0 Å². The van der Waals surface area contributed by atoms with Gasteiger partial charge in [0.2, 0.25) is 0 Å². The van der Waals surface area contributed by atoms with Crippen LogP contribution >= 0.6 is 11.3 Å². The van der Waals surface area contributed by atoms with Gasteiger partial charge in [0.25, 0.3) is 0 Å². The van der Waals surface area contributed by atoms with Crippen LogP contribution in [0, 0.1) is 0 Å². The lowest BCUT2D eigenvalue weighted by Crippen LogP contribution is -2.01. The van der Waals surface area contributed by atoms with Gasteiger partial charge in [-0.3, -0.25) is 4.79 Å². The van der Waals surface area contributed by atoms with E-state index in [1.807, 2.05) is 36.4 Å². The van der Waals surface area contributed by atoms with Crippen molar-refractivity contribution in [1.82, 2.24) is 0 Å². The summed E-state index contributed by atoms with van der Waals surface area (Å²) in [6.45, 7) is 0. The average Bonchev–Trinajstić information content (AvgIpc) is 3.02. The van der Waals surface area contributed by atoms with E-state index in [4.69, 9.17) is 0 Å². The van der Waals surface area contributed by atoms with E-state index >= 15 is 0 Å². The first-order valence-corrected chi connectivity index (χ1v) is 13.9. The van der Waals surface area contributed by atoms with Gasteiger partial charge in [-0.05, 0) is 87.0 Å². The van der Waals surface area contributed by atoms with E-state index in [2.05, 4.69) is 109 Å². The van der Waals surface area contributed by atoms with Crippen LogP contribution in [0.5, 0.6) is 0 Å². The Morgan fingerprint density at radius 3 is 1.13 bits per heavy atom. The molecule has 1 nitrogen and oxygen atoms in total. The molecule has 1 aromatic heterocycles. The minimum atomic E-state index is 0.0841. The Bertz CT molecular complexity index is 1950. The first kappa shape index (κ1) is 23.3. The van der Waals surface area contributed by atoms with Gasteiger partial charge < -0.3 is 0 Å². The lowest BCUT2D eigenvalue weighted by molar-refractivity contribution is 1.57. The van der Waals surface area contributed by atoms with Gasteiger partial charge in [-0.25, -0.2) is 0 Å². The van der Waals surface area contributed by atoms with Gasteiger partial charge in [-0.1, -0.05) is 103 Å². The summed E-state index contributed by atoms with van der Waals surface area (Å²) in [7, 11) is 0. The molecule has 0 bridgehead atoms. The largest absolute Gasteiger partial charge is 0.289 e. The van der Waals surface area contributed by atoms with Gasteiger partial charge in [0.1, 0.15) is 0 Å². The topological polar surface area (TPSA) is 17.1 Å². The molecule has 0 N–H and O–H groups in total. The lowest BCUT2D eigenvalue weighted by Gasteiger charge is -2.12. The highest BCUT2D eigenvalue weighted by Gasteiger charge is 2.12.